The molecule has 1 aromatic heterocycles. The molecule has 3 aromatic rings. The average Bonchev–Trinajstić information content (AvgIpc) is 2.78. The van der Waals surface area contributed by atoms with Gasteiger partial charge in [-0.25, -0.2) is 9.97 Å². The Hall–Kier alpha value is -3.75. The number of rotatable bonds is 6. The number of anilines is 2. The number of ether oxygens (including phenoxy) is 2. The number of benzene rings is 2. The minimum Gasteiger partial charge on any atom is -0.493 e. The molecule has 29 heavy (non-hydrogen) atoms. The van der Waals surface area contributed by atoms with Gasteiger partial charge in [0, 0.05) is 11.3 Å². The number of nitrogens with one attached hydrogen (secondary N) is 1. The van der Waals surface area contributed by atoms with Crippen molar-refractivity contribution in [1.82, 2.24) is 9.97 Å². The summed E-state index contributed by atoms with van der Waals surface area (Å²) in [6, 6.07) is 16.6. The Bertz CT molecular complexity index is 1130. The van der Waals surface area contributed by atoms with Crippen molar-refractivity contribution in [1.29, 1.82) is 10.5 Å². The highest BCUT2D eigenvalue weighted by molar-refractivity contribution is 7.98. The third-order valence-electron chi connectivity index (χ3n) is 4.09. The van der Waals surface area contributed by atoms with Gasteiger partial charge in [0.2, 0.25) is 0 Å². The van der Waals surface area contributed by atoms with E-state index in [2.05, 4.69) is 27.4 Å². The van der Waals surface area contributed by atoms with Gasteiger partial charge in [-0.3, -0.25) is 0 Å². The fourth-order valence-corrected chi connectivity index (χ4v) is 3.09. The first-order valence-corrected chi connectivity index (χ1v) is 9.71. The van der Waals surface area contributed by atoms with Gasteiger partial charge in [0.05, 0.1) is 31.5 Å². The SMILES string of the molecule is COc1ccc(-c2nc(SC)nc(Nc3cccc(C#N)c3)c2C#N)cc1OC. The van der Waals surface area contributed by atoms with E-state index in [1.165, 1.54) is 11.8 Å². The van der Waals surface area contributed by atoms with E-state index >= 15 is 0 Å². The normalized spacial score (nSPS) is 9.97. The average molecular weight is 403 g/mol. The van der Waals surface area contributed by atoms with Crippen molar-refractivity contribution in [2.24, 2.45) is 0 Å². The quantitative estimate of drug-likeness (QED) is 0.478. The highest BCUT2D eigenvalue weighted by atomic mass is 32.2. The van der Waals surface area contributed by atoms with Gasteiger partial charge >= 0.3 is 0 Å². The second kappa shape index (κ2) is 8.96. The third kappa shape index (κ3) is 4.23. The van der Waals surface area contributed by atoms with Crippen molar-refractivity contribution in [2.45, 2.75) is 5.16 Å². The summed E-state index contributed by atoms with van der Waals surface area (Å²) in [6.07, 6.45) is 1.86. The van der Waals surface area contributed by atoms with Gasteiger partial charge in [-0.05, 0) is 42.7 Å². The monoisotopic (exact) mass is 403 g/mol. The van der Waals surface area contributed by atoms with E-state index in [9.17, 15) is 5.26 Å². The van der Waals surface area contributed by atoms with E-state index in [4.69, 9.17) is 14.7 Å². The molecule has 0 atom stereocenters. The van der Waals surface area contributed by atoms with E-state index in [0.29, 0.717) is 45.0 Å². The number of hydrogen-bond acceptors (Lipinski definition) is 8. The third-order valence-corrected chi connectivity index (χ3v) is 4.64. The van der Waals surface area contributed by atoms with Crippen LogP contribution in [0.25, 0.3) is 11.3 Å². The van der Waals surface area contributed by atoms with Crippen LogP contribution in [0.4, 0.5) is 11.5 Å². The maximum Gasteiger partial charge on any atom is 0.189 e. The van der Waals surface area contributed by atoms with E-state index in [-0.39, 0.29) is 5.56 Å². The van der Waals surface area contributed by atoms with Crippen molar-refractivity contribution < 1.29 is 9.47 Å². The molecule has 8 heteroatoms. The zero-order valence-corrected chi connectivity index (χ0v) is 16.9. The van der Waals surface area contributed by atoms with E-state index in [1.807, 2.05) is 12.3 Å². The largest absolute Gasteiger partial charge is 0.493 e. The Morgan fingerprint density at radius 1 is 0.966 bits per heavy atom. The lowest BCUT2D eigenvalue weighted by Gasteiger charge is -2.14. The first-order chi connectivity index (χ1) is 14.1. The van der Waals surface area contributed by atoms with Gasteiger partial charge in [0.25, 0.3) is 0 Å². The van der Waals surface area contributed by atoms with Gasteiger partial charge in [0.15, 0.2) is 22.5 Å². The predicted octanol–water partition coefficient (Wildman–Crippen LogP) is 4.37. The van der Waals surface area contributed by atoms with Crippen LogP contribution in [-0.2, 0) is 0 Å². The zero-order valence-electron chi connectivity index (χ0n) is 16.1. The lowest BCUT2D eigenvalue weighted by Crippen LogP contribution is -2.03. The predicted molar refractivity (Wildman–Crippen MR) is 112 cm³/mol. The molecular formula is C21H17N5O2S. The fourth-order valence-electron chi connectivity index (χ4n) is 2.72. The summed E-state index contributed by atoms with van der Waals surface area (Å²) in [5.41, 5.74) is 2.63. The zero-order chi connectivity index (χ0) is 20.8. The van der Waals surface area contributed by atoms with Gasteiger partial charge in [-0.2, -0.15) is 10.5 Å². The molecule has 0 aliphatic carbocycles. The van der Waals surface area contributed by atoms with Crippen molar-refractivity contribution in [3.63, 3.8) is 0 Å². The molecule has 0 spiro atoms. The van der Waals surface area contributed by atoms with E-state index in [1.54, 1.807) is 50.6 Å². The first-order valence-electron chi connectivity index (χ1n) is 8.49. The molecule has 144 valence electrons. The number of methoxy groups -OCH3 is 2. The van der Waals surface area contributed by atoms with E-state index in [0.717, 1.165) is 0 Å². The molecule has 0 bridgehead atoms. The number of thioether (sulfide) groups is 1. The Kier molecular flexibility index (Phi) is 6.18. The standard InChI is InChI=1S/C21H17N5O2S/c1-27-17-8-7-14(10-18(17)28-2)19-16(12-23)20(26-21(25-19)29-3)24-15-6-4-5-13(9-15)11-22/h4-10H,1-3H3,(H,24,25,26). The molecule has 0 aliphatic heterocycles. The van der Waals surface area contributed by atoms with Crippen molar-refractivity contribution in [3.8, 4) is 34.9 Å². The molecule has 0 saturated carbocycles. The number of nitriles is 2. The van der Waals surface area contributed by atoms with Crippen LogP contribution in [0, 0.1) is 22.7 Å². The van der Waals surface area contributed by atoms with Crippen molar-refractivity contribution >= 4 is 23.3 Å². The summed E-state index contributed by atoms with van der Waals surface area (Å²) in [5.74, 6) is 1.49. The minimum atomic E-state index is 0.289. The molecule has 7 nitrogen and oxygen atoms in total. The summed E-state index contributed by atoms with van der Waals surface area (Å²) in [7, 11) is 3.11. The van der Waals surface area contributed by atoms with Gasteiger partial charge in [-0.15, -0.1) is 0 Å². The molecule has 0 unspecified atom stereocenters. The van der Waals surface area contributed by atoms with Crippen molar-refractivity contribution in [2.75, 3.05) is 25.8 Å². The smallest absolute Gasteiger partial charge is 0.189 e. The molecule has 3 rings (SSSR count). The second-order valence-electron chi connectivity index (χ2n) is 5.78. The first kappa shape index (κ1) is 20.0. The maximum atomic E-state index is 9.85. The molecule has 0 aliphatic rings. The van der Waals surface area contributed by atoms with Crippen LogP contribution in [0.5, 0.6) is 11.5 Å². The summed E-state index contributed by atoms with van der Waals surface area (Å²) in [4.78, 5) is 8.99. The molecular weight excluding hydrogens is 386 g/mol. The van der Waals surface area contributed by atoms with Gasteiger partial charge in [0.1, 0.15) is 11.6 Å². The molecule has 0 amide bonds. The lowest BCUT2D eigenvalue weighted by atomic mass is 10.1. The Balaban J connectivity index is 2.15. The molecule has 1 N–H and O–H groups in total. The van der Waals surface area contributed by atoms with Crippen LogP contribution in [0.15, 0.2) is 47.6 Å². The molecule has 1 heterocycles. The summed E-state index contributed by atoms with van der Waals surface area (Å²) in [5, 5.41) is 22.6. The highest BCUT2D eigenvalue weighted by Crippen LogP contribution is 2.35. The molecule has 0 radical (unpaired) electrons. The lowest BCUT2D eigenvalue weighted by molar-refractivity contribution is 0.355. The summed E-state index contributed by atoms with van der Waals surface area (Å²) < 4.78 is 10.7. The topological polar surface area (TPSA) is 104 Å². The van der Waals surface area contributed by atoms with E-state index < -0.39 is 0 Å². The van der Waals surface area contributed by atoms with Crippen LogP contribution < -0.4 is 14.8 Å². The van der Waals surface area contributed by atoms with Crippen LogP contribution >= 0.6 is 11.8 Å². The van der Waals surface area contributed by atoms with Crippen LogP contribution in [0.1, 0.15) is 11.1 Å². The number of aromatic nitrogens is 2. The Morgan fingerprint density at radius 3 is 2.41 bits per heavy atom. The maximum absolute atomic E-state index is 9.85. The summed E-state index contributed by atoms with van der Waals surface area (Å²) >= 11 is 1.37. The number of hydrogen-bond donors (Lipinski definition) is 1. The number of nitrogens with zero attached hydrogens (tertiary/aromatic N) is 4. The summed E-state index contributed by atoms with van der Waals surface area (Å²) in [6.45, 7) is 0. The van der Waals surface area contributed by atoms with Crippen LogP contribution in [0.2, 0.25) is 0 Å². The van der Waals surface area contributed by atoms with Crippen LogP contribution in [-0.4, -0.2) is 30.4 Å². The van der Waals surface area contributed by atoms with Gasteiger partial charge in [-0.1, -0.05) is 17.8 Å². The van der Waals surface area contributed by atoms with Crippen molar-refractivity contribution in [3.05, 3.63) is 53.6 Å². The molecule has 2 aromatic carbocycles. The minimum absolute atomic E-state index is 0.289. The Morgan fingerprint density at radius 2 is 1.76 bits per heavy atom. The molecule has 0 fully saturated rings. The second-order valence-corrected chi connectivity index (χ2v) is 6.56. The molecule has 0 saturated heterocycles. The van der Waals surface area contributed by atoms with Crippen LogP contribution in [0.3, 0.4) is 0 Å². The Labute approximate surface area is 172 Å². The fraction of sp³-hybridized carbons (Fsp3) is 0.143. The highest BCUT2D eigenvalue weighted by Gasteiger charge is 2.18. The van der Waals surface area contributed by atoms with Gasteiger partial charge < -0.3 is 14.8 Å².